The van der Waals surface area contributed by atoms with Crippen LogP contribution in [0.4, 0.5) is 0 Å². The highest BCUT2D eigenvalue weighted by molar-refractivity contribution is 7.46. The lowest BCUT2D eigenvalue weighted by atomic mass is 9.93. The third-order valence-corrected chi connectivity index (χ3v) is 17.7. The lowest BCUT2D eigenvalue weighted by molar-refractivity contribution is -0.281. The molecule has 2 amide bonds. The van der Waals surface area contributed by atoms with Crippen LogP contribution < -0.4 is 10.6 Å². The van der Waals surface area contributed by atoms with Crippen LogP contribution in [0.5, 0.6) is 0 Å². The number of allylic oxidation sites excluding steroid dienone is 2. The second-order valence-electron chi connectivity index (χ2n) is 25.0. The molecule has 9 N–H and O–H groups in total. The first-order chi connectivity index (χ1) is 43.6. The normalized spacial score (nSPS) is 22.8. The van der Waals surface area contributed by atoms with E-state index in [2.05, 4.69) is 55.2 Å². The van der Waals surface area contributed by atoms with Crippen molar-refractivity contribution in [2.75, 3.05) is 33.5 Å². The number of ether oxygens (including phenoxy) is 6. The molecule has 2 heterocycles. The van der Waals surface area contributed by atoms with Gasteiger partial charge in [0.25, 0.3) is 0 Å². The van der Waals surface area contributed by atoms with E-state index in [0.29, 0.717) is 32.1 Å². The number of nitrogens with one attached hydrogen (secondary N) is 2. The van der Waals surface area contributed by atoms with Crippen molar-refractivity contribution in [1.29, 1.82) is 0 Å². The van der Waals surface area contributed by atoms with E-state index in [0.717, 1.165) is 122 Å². The van der Waals surface area contributed by atoms with Crippen LogP contribution in [0.1, 0.15) is 297 Å². The van der Waals surface area contributed by atoms with E-state index in [1.165, 1.54) is 89.9 Å². The first-order valence-electron chi connectivity index (χ1n) is 35.6. The highest BCUT2D eigenvalue weighted by Crippen LogP contribution is 2.42. The number of methoxy groups -OCH3 is 1. The molecule has 90 heavy (non-hydrogen) atoms. The molecular formula is C67H130N2O19P2. The summed E-state index contributed by atoms with van der Waals surface area (Å²) in [5, 5.41) is 57.9. The molecule has 0 aromatic carbocycles. The molecule has 0 aromatic rings. The minimum absolute atomic E-state index is 0.0268. The maximum atomic E-state index is 13.9. The summed E-state index contributed by atoms with van der Waals surface area (Å²) in [5.74, 6) is -0.764. The average molecular weight is 1330 g/mol. The van der Waals surface area contributed by atoms with Crippen LogP contribution in [-0.2, 0) is 56.3 Å². The summed E-state index contributed by atoms with van der Waals surface area (Å²) in [6.07, 6.45) is 33.6. The first-order valence-corrected chi connectivity index (χ1v) is 37.8. The number of unbranched alkanes of at least 4 members (excludes halogenated alkanes) is 30. The SMILES string of the molecule is CCCCCC/C=C\CCCCCCCCCC(=O)N[C@H]1[C@H](OCC[C@H]2O[C@H](OP(=O)(O)O)[C@H](NC(=O)CC(CCCCCCCCCCC)OC)[C@@H](OCCCCCCCCCC)[C@@H]2O)O[C@H](CCO)[C@@H](O)[C@@H]1OCCC(O)CCCCCCC.O=POO. The monoisotopic (exact) mass is 1330 g/mol. The Morgan fingerprint density at radius 1 is 0.544 bits per heavy atom. The molecule has 2 fully saturated rings. The van der Waals surface area contributed by atoms with Gasteiger partial charge >= 0.3 is 16.5 Å². The van der Waals surface area contributed by atoms with Gasteiger partial charge in [0.05, 0.1) is 37.4 Å². The van der Waals surface area contributed by atoms with E-state index < -0.39 is 95.9 Å². The zero-order chi connectivity index (χ0) is 66.3. The molecule has 2 unspecified atom stereocenters. The Kier molecular flexibility index (Phi) is 56.4. The highest BCUT2D eigenvalue weighted by atomic mass is 31.2. The number of aliphatic hydroxyl groups is 4. The van der Waals surface area contributed by atoms with Gasteiger partial charge in [-0.25, -0.2) is 14.4 Å². The van der Waals surface area contributed by atoms with Crippen LogP contribution in [-0.4, -0.2) is 154 Å². The minimum atomic E-state index is -5.26. The molecule has 0 saturated carbocycles. The largest absolute Gasteiger partial charge is 0.472 e. The van der Waals surface area contributed by atoms with Gasteiger partial charge in [-0.3, -0.25) is 14.1 Å². The second kappa shape index (κ2) is 58.7. The van der Waals surface area contributed by atoms with Crippen LogP contribution in [0.2, 0.25) is 0 Å². The zero-order valence-corrected chi connectivity index (χ0v) is 58.3. The van der Waals surface area contributed by atoms with Gasteiger partial charge in [-0.15, -0.1) is 4.67 Å². The molecule has 2 saturated heterocycles. The highest BCUT2D eigenvalue weighted by Gasteiger charge is 2.50. The van der Waals surface area contributed by atoms with E-state index in [4.69, 9.17) is 42.8 Å². The van der Waals surface area contributed by atoms with Crippen LogP contribution in [0.25, 0.3) is 0 Å². The summed E-state index contributed by atoms with van der Waals surface area (Å²) in [6.45, 7) is 8.53. The Labute approximate surface area is 545 Å². The van der Waals surface area contributed by atoms with E-state index in [1.54, 1.807) is 7.11 Å². The Morgan fingerprint density at radius 3 is 1.47 bits per heavy atom. The van der Waals surface area contributed by atoms with Crippen molar-refractivity contribution >= 4 is 28.3 Å². The number of hydrogen-bond acceptors (Lipinski definition) is 17. The quantitative estimate of drug-likeness (QED) is 0.00898. The maximum absolute atomic E-state index is 13.9. The Balaban J connectivity index is 0.00000980. The second-order valence-corrected chi connectivity index (χ2v) is 26.5. The van der Waals surface area contributed by atoms with Crippen molar-refractivity contribution in [3.8, 4) is 0 Å². The zero-order valence-electron chi connectivity index (χ0n) is 56.5. The van der Waals surface area contributed by atoms with Crippen LogP contribution >= 0.6 is 16.5 Å². The van der Waals surface area contributed by atoms with Crippen LogP contribution in [0, 0.1) is 0 Å². The molecule has 23 heteroatoms. The van der Waals surface area contributed by atoms with Gasteiger partial charge < -0.3 is 69.3 Å². The van der Waals surface area contributed by atoms with Gasteiger partial charge in [-0.05, 0) is 70.6 Å². The van der Waals surface area contributed by atoms with Crippen molar-refractivity contribution < 1.29 is 91.8 Å². The number of carbonyl (C=O) groups is 2. The lowest BCUT2D eigenvalue weighted by Crippen LogP contribution is -2.65. The predicted octanol–water partition coefficient (Wildman–Crippen LogP) is 14.1. The smallest absolute Gasteiger partial charge is 0.396 e. The summed E-state index contributed by atoms with van der Waals surface area (Å²) in [7, 11) is -4.40. The molecule has 532 valence electrons. The third-order valence-electron chi connectivity index (χ3n) is 17.1. The van der Waals surface area contributed by atoms with Crippen molar-refractivity contribution in [3.63, 3.8) is 0 Å². The fraction of sp³-hybridized carbons (Fsp3) is 0.940. The molecule has 0 radical (unpaired) electrons. The molecule has 21 nitrogen and oxygen atoms in total. The number of rotatable bonds is 59. The first kappa shape index (κ1) is 86.4. The van der Waals surface area contributed by atoms with Crippen molar-refractivity contribution in [3.05, 3.63) is 12.2 Å². The molecule has 2 rings (SSSR count). The number of carbonyl (C=O) groups excluding carboxylic acids is 2. The predicted molar refractivity (Wildman–Crippen MR) is 353 cm³/mol. The van der Waals surface area contributed by atoms with Gasteiger partial charge in [0.2, 0.25) is 11.8 Å². The number of phosphoric ester groups is 1. The Hall–Kier alpha value is -1.59. The fourth-order valence-electron chi connectivity index (χ4n) is 11.8. The van der Waals surface area contributed by atoms with Gasteiger partial charge in [-0.2, -0.15) is 0 Å². The van der Waals surface area contributed by atoms with E-state index in [1.807, 2.05) is 0 Å². The van der Waals surface area contributed by atoms with Gasteiger partial charge in [0, 0.05) is 33.4 Å². The molecule has 12 atom stereocenters. The summed E-state index contributed by atoms with van der Waals surface area (Å²) in [5.41, 5.74) is 0. The average Bonchev–Trinajstić information content (AvgIpc) is 0.824. The summed E-state index contributed by atoms with van der Waals surface area (Å²) in [4.78, 5) is 48.2. The number of hydrogen-bond donors (Lipinski definition) is 9. The standard InChI is InChI=1S/C67H129N2O16P.HO3P/c1-6-10-14-18-21-24-25-26-27-28-29-31-33-37-41-45-58(72)68-60-64(81-51-47-54(71)43-39-35-17-13-9-4)62(74)56(46-49-70)83-66(60)82-52-48-57-63(75)65(80-50-42-38-34-23-20-16-12-8-3)61(67(84-57)85-86(76,77)78)69-59(73)53-55(79-5)44-40-36-32-30-22-19-15-11-7-2;1-3-4-2/h24-25,54-57,60-67,70-71,74-75H,6-23,26-53H2,1-5H3,(H,68,72)(H,69,73)(H2,76,77,78);1H/b25-24-;/t54?,55?,56-,57-,60-,61-,62-,63-,64-,65-,66-,67-;/m1./s1. The van der Waals surface area contributed by atoms with E-state index in [9.17, 15) is 44.4 Å². The fourth-order valence-corrected chi connectivity index (χ4v) is 12.2. The van der Waals surface area contributed by atoms with Crippen LogP contribution in [0.3, 0.4) is 0 Å². The molecule has 0 aliphatic carbocycles. The van der Waals surface area contributed by atoms with Gasteiger partial charge in [0.15, 0.2) is 12.6 Å². The van der Waals surface area contributed by atoms with E-state index >= 15 is 0 Å². The van der Waals surface area contributed by atoms with Gasteiger partial charge in [0.1, 0.15) is 36.5 Å². The number of aliphatic hydroxyl groups excluding tert-OH is 4. The number of amides is 2. The molecule has 0 bridgehead atoms. The molecule has 0 aromatic heterocycles. The summed E-state index contributed by atoms with van der Waals surface area (Å²) in [6, 6.07) is -2.37. The molecule has 0 spiro atoms. The molecular weight excluding hydrogens is 1200 g/mol. The van der Waals surface area contributed by atoms with Crippen molar-refractivity contribution in [2.45, 2.75) is 371 Å². The van der Waals surface area contributed by atoms with Crippen LogP contribution in [0.15, 0.2) is 12.2 Å². The summed E-state index contributed by atoms with van der Waals surface area (Å²) < 4.78 is 67.1. The number of phosphoric acid groups is 1. The van der Waals surface area contributed by atoms with Gasteiger partial charge in [-0.1, -0.05) is 226 Å². The molecule has 2 aliphatic heterocycles. The van der Waals surface area contributed by atoms with Crippen molar-refractivity contribution in [2.24, 2.45) is 0 Å². The topological polar surface area (TPSA) is 308 Å². The van der Waals surface area contributed by atoms with E-state index in [-0.39, 0.29) is 58.0 Å². The Bertz CT molecular complexity index is 1760. The maximum Gasteiger partial charge on any atom is 0.472 e. The lowest BCUT2D eigenvalue weighted by Gasteiger charge is -2.46. The molecule has 2 aliphatic rings. The third kappa shape index (κ3) is 44.2. The minimum Gasteiger partial charge on any atom is -0.396 e. The summed E-state index contributed by atoms with van der Waals surface area (Å²) >= 11 is 0. The van der Waals surface area contributed by atoms with Crippen molar-refractivity contribution in [1.82, 2.24) is 10.6 Å². The Morgan fingerprint density at radius 2 is 0.967 bits per heavy atom.